The molecule has 0 saturated carbocycles. The first kappa shape index (κ1) is 31.7. The maximum Gasteiger partial charge on any atom is 0.0490 e. The summed E-state index contributed by atoms with van der Waals surface area (Å²) in [5.74, 6) is 0. The fourth-order valence-corrected chi connectivity index (χ4v) is 6.69. The van der Waals surface area contributed by atoms with Gasteiger partial charge in [0, 0.05) is 28.4 Å². The van der Waals surface area contributed by atoms with Crippen molar-refractivity contribution in [2.45, 2.75) is 34.1 Å². The number of benzene rings is 7. The van der Waals surface area contributed by atoms with Crippen molar-refractivity contribution in [3.05, 3.63) is 197 Å². The molecule has 240 valence electrons. The first-order chi connectivity index (χ1) is 23.9. The average Bonchev–Trinajstić information content (AvgIpc) is 3.11. The molecule has 2 heteroatoms. The second-order valence-electron chi connectivity index (χ2n) is 13.2. The predicted molar refractivity (Wildman–Crippen MR) is 210 cm³/mol. The average molecular weight is 635 g/mol. The number of aryl methyl sites for hydroxylation is 4. The highest BCUT2D eigenvalue weighted by Gasteiger charge is 2.15. The Balaban J connectivity index is 1.07. The van der Waals surface area contributed by atoms with Crippen LogP contribution in [0.4, 0.5) is 28.4 Å². The highest BCUT2D eigenvalue weighted by molar-refractivity contribution is 5.80. The maximum atomic E-state index is 3.54. The molecule has 0 bridgehead atoms. The minimum Gasteiger partial charge on any atom is -0.356 e. The summed E-state index contributed by atoms with van der Waals surface area (Å²) < 4.78 is 0. The Bertz CT molecular complexity index is 2140. The first-order valence-corrected chi connectivity index (χ1v) is 17.0. The standard InChI is InChI=1S/C47H42N2/c1-33-10-27-47(36(4)29-33)49(46-25-19-42(20-26-46)39-8-6-5-7-9-39)45-23-13-38(14-24-45)32-37-11-15-40(16-12-37)41-17-21-43(22-18-41)48-44-30-34(2)28-35(3)31-44/h5-31,48H,32H2,1-4H3. The number of rotatable bonds is 9. The smallest absolute Gasteiger partial charge is 0.0490 e. The van der Waals surface area contributed by atoms with Crippen molar-refractivity contribution in [2.24, 2.45) is 0 Å². The highest BCUT2D eigenvalue weighted by Crippen LogP contribution is 2.38. The molecule has 0 aliphatic heterocycles. The molecule has 0 aliphatic carbocycles. The predicted octanol–water partition coefficient (Wildman–Crippen LogP) is 13.1. The molecule has 0 fully saturated rings. The summed E-state index contributed by atoms with van der Waals surface area (Å²) in [5.41, 5.74) is 18.2. The second kappa shape index (κ2) is 14.1. The largest absolute Gasteiger partial charge is 0.356 e. The third kappa shape index (κ3) is 7.50. The van der Waals surface area contributed by atoms with Crippen LogP contribution in [0.2, 0.25) is 0 Å². The quantitative estimate of drug-likeness (QED) is 0.170. The summed E-state index contributed by atoms with van der Waals surface area (Å²) in [4.78, 5) is 2.37. The Hall–Kier alpha value is -5.86. The third-order valence-corrected chi connectivity index (χ3v) is 9.11. The molecular weight excluding hydrogens is 593 g/mol. The topological polar surface area (TPSA) is 15.3 Å². The lowest BCUT2D eigenvalue weighted by atomic mass is 9.99. The van der Waals surface area contributed by atoms with Gasteiger partial charge < -0.3 is 10.2 Å². The van der Waals surface area contributed by atoms with Gasteiger partial charge in [-0.05, 0) is 139 Å². The van der Waals surface area contributed by atoms with E-state index in [1.165, 1.54) is 61.3 Å². The lowest BCUT2D eigenvalue weighted by molar-refractivity contribution is 1.18. The van der Waals surface area contributed by atoms with Gasteiger partial charge in [-0.1, -0.05) is 115 Å². The molecule has 0 atom stereocenters. The molecule has 0 saturated heterocycles. The van der Waals surface area contributed by atoms with E-state index in [-0.39, 0.29) is 0 Å². The Morgan fingerprint density at radius 3 is 1.47 bits per heavy atom. The van der Waals surface area contributed by atoms with Gasteiger partial charge in [0.2, 0.25) is 0 Å². The summed E-state index contributed by atoms with van der Waals surface area (Å²) in [5, 5.41) is 3.54. The van der Waals surface area contributed by atoms with Gasteiger partial charge >= 0.3 is 0 Å². The number of nitrogens with zero attached hydrogens (tertiary/aromatic N) is 1. The maximum absolute atomic E-state index is 3.54. The van der Waals surface area contributed by atoms with Crippen LogP contribution in [-0.2, 0) is 6.42 Å². The van der Waals surface area contributed by atoms with Gasteiger partial charge in [0.1, 0.15) is 0 Å². The molecule has 7 aromatic carbocycles. The van der Waals surface area contributed by atoms with Gasteiger partial charge in [-0.25, -0.2) is 0 Å². The molecule has 0 unspecified atom stereocenters. The van der Waals surface area contributed by atoms with Crippen molar-refractivity contribution in [1.29, 1.82) is 0 Å². The van der Waals surface area contributed by atoms with Gasteiger partial charge in [0.25, 0.3) is 0 Å². The monoisotopic (exact) mass is 634 g/mol. The van der Waals surface area contributed by atoms with Gasteiger partial charge in [-0.15, -0.1) is 0 Å². The van der Waals surface area contributed by atoms with E-state index in [2.05, 4.69) is 202 Å². The Kier molecular flexibility index (Phi) is 9.12. The Labute approximate surface area is 291 Å². The highest BCUT2D eigenvalue weighted by atomic mass is 15.1. The zero-order chi connectivity index (χ0) is 33.7. The molecule has 0 aliphatic rings. The molecule has 0 spiro atoms. The minimum atomic E-state index is 0.884. The van der Waals surface area contributed by atoms with E-state index in [9.17, 15) is 0 Å². The van der Waals surface area contributed by atoms with Crippen molar-refractivity contribution in [2.75, 3.05) is 10.2 Å². The van der Waals surface area contributed by atoms with E-state index in [1.807, 2.05) is 0 Å². The van der Waals surface area contributed by atoms with Crippen LogP contribution in [0.25, 0.3) is 22.3 Å². The van der Waals surface area contributed by atoms with Crippen molar-refractivity contribution >= 4 is 28.4 Å². The van der Waals surface area contributed by atoms with E-state index in [0.717, 1.165) is 29.2 Å². The summed E-state index contributed by atoms with van der Waals surface area (Å²) in [7, 11) is 0. The van der Waals surface area contributed by atoms with Crippen molar-refractivity contribution in [1.82, 2.24) is 0 Å². The fourth-order valence-electron chi connectivity index (χ4n) is 6.69. The van der Waals surface area contributed by atoms with Crippen molar-refractivity contribution in [3.63, 3.8) is 0 Å². The Morgan fingerprint density at radius 2 is 0.898 bits per heavy atom. The van der Waals surface area contributed by atoms with Crippen molar-refractivity contribution < 1.29 is 0 Å². The van der Waals surface area contributed by atoms with E-state index >= 15 is 0 Å². The summed E-state index contributed by atoms with van der Waals surface area (Å²) in [6, 6.07) is 59.4. The van der Waals surface area contributed by atoms with Crippen molar-refractivity contribution in [3.8, 4) is 22.3 Å². The SMILES string of the molecule is Cc1cc(C)cc(Nc2ccc(-c3ccc(Cc4ccc(N(c5ccc(-c6ccccc6)cc5)c5ccc(C)cc5C)cc4)cc3)cc2)c1. The number of anilines is 5. The molecule has 0 radical (unpaired) electrons. The van der Waals surface area contributed by atoms with E-state index in [1.54, 1.807) is 0 Å². The minimum absolute atomic E-state index is 0.884. The lowest BCUT2D eigenvalue weighted by Crippen LogP contribution is -2.11. The molecule has 1 N–H and O–H groups in total. The molecule has 0 amide bonds. The van der Waals surface area contributed by atoms with Gasteiger partial charge in [0.05, 0.1) is 0 Å². The van der Waals surface area contributed by atoms with Gasteiger partial charge in [-0.3, -0.25) is 0 Å². The molecular formula is C47H42N2. The molecule has 7 aromatic rings. The number of hydrogen-bond acceptors (Lipinski definition) is 2. The molecule has 7 rings (SSSR count). The number of nitrogens with one attached hydrogen (secondary N) is 1. The van der Waals surface area contributed by atoms with Gasteiger partial charge in [0.15, 0.2) is 0 Å². The van der Waals surface area contributed by atoms with E-state index in [4.69, 9.17) is 0 Å². The van der Waals surface area contributed by atoms with Crippen LogP contribution >= 0.6 is 0 Å². The summed E-state index contributed by atoms with van der Waals surface area (Å²) in [6.45, 7) is 8.62. The van der Waals surface area contributed by atoms with Crippen LogP contribution in [0.15, 0.2) is 164 Å². The normalized spacial score (nSPS) is 10.9. The van der Waals surface area contributed by atoms with Crippen LogP contribution in [0.3, 0.4) is 0 Å². The van der Waals surface area contributed by atoms with Crippen LogP contribution in [-0.4, -0.2) is 0 Å². The fraction of sp³-hybridized carbons (Fsp3) is 0.106. The Morgan fingerprint density at radius 1 is 0.408 bits per heavy atom. The lowest BCUT2D eigenvalue weighted by Gasteiger charge is -2.27. The summed E-state index contributed by atoms with van der Waals surface area (Å²) >= 11 is 0. The second-order valence-corrected chi connectivity index (χ2v) is 13.2. The van der Waals surface area contributed by atoms with E-state index in [0.29, 0.717) is 0 Å². The van der Waals surface area contributed by atoms with Gasteiger partial charge in [-0.2, -0.15) is 0 Å². The van der Waals surface area contributed by atoms with E-state index < -0.39 is 0 Å². The molecule has 0 aromatic heterocycles. The van der Waals surface area contributed by atoms with Crippen LogP contribution in [0.5, 0.6) is 0 Å². The molecule has 2 nitrogen and oxygen atoms in total. The van der Waals surface area contributed by atoms with Crippen LogP contribution in [0.1, 0.15) is 33.4 Å². The summed E-state index contributed by atoms with van der Waals surface area (Å²) in [6.07, 6.45) is 0.884. The zero-order valence-electron chi connectivity index (χ0n) is 28.7. The number of hydrogen-bond donors (Lipinski definition) is 1. The first-order valence-electron chi connectivity index (χ1n) is 17.0. The zero-order valence-corrected chi connectivity index (χ0v) is 28.7. The molecule has 49 heavy (non-hydrogen) atoms. The van der Waals surface area contributed by atoms with Crippen LogP contribution < -0.4 is 10.2 Å². The third-order valence-electron chi connectivity index (χ3n) is 9.11. The van der Waals surface area contributed by atoms with Crippen LogP contribution in [0, 0.1) is 27.7 Å². The molecule has 0 heterocycles.